The van der Waals surface area contributed by atoms with Crippen LogP contribution in [-0.4, -0.2) is 40.7 Å². The summed E-state index contributed by atoms with van der Waals surface area (Å²) in [6.45, 7) is 3.36. The van der Waals surface area contributed by atoms with Crippen molar-refractivity contribution in [3.8, 4) is 5.88 Å². The van der Waals surface area contributed by atoms with E-state index >= 15 is 0 Å². The zero-order valence-electron chi connectivity index (χ0n) is 13.9. The molecule has 1 saturated heterocycles. The number of carbonyl (C=O) groups is 1. The van der Waals surface area contributed by atoms with Crippen LogP contribution in [0, 0.1) is 6.92 Å². The third-order valence-corrected chi connectivity index (χ3v) is 4.97. The van der Waals surface area contributed by atoms with E-state index in [9.17, 15) is 4.79 Å². The number of amides is 1. The summed E-state index contributed by atoms with van der Waals surface area (Å²) >= 11 is 1.66. The number of pyridine rings is 1. The minimum absolute atomic E-state index is 0.0439. The zero-order valence-corrected chi connectivity index (χ0v) is 14.7. The second-order valence-electron chi connectivity index (χ2n) is 5.96. The number of aryl methyl sites for hydroxylation is 1. The summed E-state index contributed by atoms with van der Waals surface area (Å²) in [5.41, 5.74) is 2.19. The Bertz CT molecular complexity index is 678. The first-order valence-electron chi connectivity index (χ1n) is 8.20. The quantitative estimate of drug-likeness (QED) is 0.808. The van der Waals surface area contributed by atoms with Gasteiger partial charge in [-0.1, -0.05) is 36.4 Å². The van der Waals surface area contributed by atoms with E-state index in [2.05, 4.69) is 17.1 Å². The molecule has 1 aromatic carbocycles. The Morgan fingerprint density at radius 2 is 2.08 bits per heavy atom. The average molecular weight is 342 g/mol. The highest BCUT2D eigenvalue weighted by Gasteiger charge is 2.27. The van der Waals surface area contributed by atoms with Gasteiger partial charge in [0.2, 0.25) is 11.8 Å². The van der Waals surface area contributed by atoms with E-state index in [0.717, 1.165) is 24.4 Å². The largest absolute Gasteiger partial charge is 0.472 e. The maximum atomic E-state index is 12.3. The molecule has 0 radical (unpaired) electrons. The first kappa shape index (κ1) is 16.8. The van der Waals surface area contributed by atoms with Gasteiger partial charge >= 0.3 is 0 Å². The number of rotatable bonds is 6. The summed E-state index contributed by atoms with van der Waals surface area (Å²) in [5, 5.41) is 0. The van der Waals surface area contributed by atoms with E-state index in [-0.39, 0.29) is 12.0 Å². The van der Waals surface area contributed by atoms with Crippen molar-refractivity contribution >= 4 is 17.7 Å². The Morgan fingerprint density at radius 1 is 1.25 bits per heavy atom. The van der Waals surface area contributed by atoms with Gasteiger partial charge in [0.1, 0.15) is 6.10 Å². The van der Waals surface area contributed by atoms with Gasteiger partial charge in [0.25, 0.3) is 0 Å². The van der Waals surface area contributed by atoms with Gasteiger partial charge in [0.05, 0.1) is 12.3 Å². The second kappa shape index (κ2) is 8.20. The lowest BCUT2D eigenvalue weighted by Gasteiger charge is -2.17. The molecule has 1 fully saturated rings. The van der Waals surface area contributed by atoms with Crippen molar-refractivity contribution in [3.63, 3.8) is 0 Å². The summed E-state index contributed by atoms with van der Waals surface area (Å²) in [6, 6.07) is 16.0. The van der Waals surface area contributed by atoms with Gasteiger partial charge in [-0.25, -0.2) is 4.98 Å². The van der Waals surface area contributed by atoms with Crippen molar-refractivity contribution in [2.45, 2.75) is 25.2 Å². The zero-order chi connectivity index (χ0) is 16.8. The highest BCUT2D eigenvalue weighted by atomic mass is 32.2. The molecule has 0 spiro atoms. The minimum atomic E-state index is 0.0439. The van der Waals surface area contributed by atoms with Crippen LogP contribution in [0.15, 0.2) is 48.5 Å². The first-order valence-corrected chi connectivity index (χ1v) is 9.36. The minimum Gasteiger partial charge on any atom is -0.472 e. The van der Waals surface area contributed by atoms with Crippen LogP contribution in [0.5, 0.6) is 5.88 Å². The van der Waals surface area contributed by atoms with E-state index in [1.807, 2.05) is 48.2 Å². The van der Waals surface area contributed by atoms with Crippen molar-refractivity contribution in [2.24, 2.45) is 0 Å². The molecule has 1 aliphatic rings. The highest BCUT2D eigenvalue weighted by molar-refractivity contribution is 7.99. The van der Waals surface area contributed by atoms with Gasteiger partial charge in [0.15, 0.2) is 0 Å². The van der Waals surface area contributed by atoms with Crippen LogP contribution in [0.2, 0.25) is 0 Å². The van der Waals surface area contributed by atoms with Crippen LogP contribution >= 0.6 is 11.8 Å². The van der Waals surface area contributed by atoms with Gasteiger partial charge in [-0.2, -0.15) is 0 Å². The molecule has 1 aromatic heterocycles. The molecule has 0 aliphatic carbocycles. The Hall–Kier alpha value is -2.01. The molecular weight excluding hydrogens is 320 g/mol. The molecule has 1 aliphatic heterocycles. The molecule has 0 saturated carbocycles. The highest BCUT2D eigenvalue weighted by Crippen LogP contribution is 2.19. The average Bonchev–Trinajstić information content (AvgIpc) is 3.04. The number of thioether (sulfide) groups is 1. The third kappa shape index (κ3) is 4.74. The monoisotopic (exact) mass is 342 g/mol. The van der Waals surface area contributed by atoms with Gasteiger partial charge in [-0.3, -0.25) is 4.79 Å². The van der Waals surface area contributed by atoms with Gasteiger partial charge in [0, 0.05) is 30.5 Å². The third-order valence-electron chi connectivity index (χ3n) is 3.98. The lowest BCUT2D eigenvalue weighted by atomic mass is 10.2. The number of likely N-dealkylation sites (tertiary alicyclic amines) is 1. The molecule has 0 bridgehead atoms. The van der Waals surface area contributed by atoms with Crippen LogP contribution in [-0.2, 0) is 10.5 Å². The Labute approximate surface area is 147 Å². The van der Waals surface area contributed by atoms with E-state index in [1.54, 1.807) is 11.8 Å². The number of nitrogens with zero attached hydrogens (tertiary/aromatic N) is 2. The van der Waals surface area contributed by atoms with Crippen LogP contribution in [0.25, 0.3) is 0 Å². The molecule has 2 heterocycles. The smallest absolute Gasteiger partial charge is 0.232 e. The Morgan fingerprint density at radius 3 is 2.88 bits per heavy atom. The SMILES string of the molecule is Cc1cccc(O[C@H]2CCN(C(=O)CSCc3ccccc3)C2)n1. The summed E-state index contributed by atoms with van der Waals surface area (Å²) in [6.07, 6.45) is 0.910. The fraction of sp³-hybridized carbons (Fsp3) is 0.368. The van der Waals surface area contributed by atoms with Crippen molar-refractivity contribution < 1.29 is 9.53 Å². The molecule has 1 amide bonds. The number of carbonyl (C=O) groups excluding carboxylic acids is 1. The van der Waals surface area contributed by atoms with Crippen LogP contribution in [0.4, 0.5) is 0 Å². The predicted octanol–water partition coefficient (Wildman–Crippen LogP) is 3.30. The molecule has 5 heteroatoms. The van der Waals surface area contributed by atoms with E-state index in [1.165, 1.54) is 5.56 Å². The van der Waals surface area contributed by atoms with Crippen molar-refractivity contribution in [3.05, 3.63) is 59.8 Å². The maximum Gasteiger partial charge on any atom is 0.232 e. The summed E-state index contributed by atoms with van der Waals surface area (Å²) in [5.74, 6) is 2.23. The lowest BCUT2D eigenvalue weighted by Crippen LogP contribution is -2.32. The molecule has 2 aromatic rings. The number of aromatic nitrogens is 1. The lowest BCUT2D eigenvalue weighted by molar-refractivity contribution is -0.127. The fourth-order valence-corrected chi connectivity index (χ4v) is 3.61. The van der Waals surface area contributed by atoms with Crippen molar-refractivity contribution in [2.75, 3.05) is 18.8 Å². The first-order chi connectivity index (χ1) is 11.7. The predicted molar refractivity (Wildman–Crippen MR) is 97.2 cm³/mol. The van der Waals surface area contributed by atoms with Crippen LogP contribution in [0.3, 0.4) is 0 Å². The van der Waals surface area contributed by atoms with Crippen molar-refractivity contribution in [1.29, 1.82) is 0 Å². The van der Waals surface area contributed by atoms with E-state index in [0.29, 0.717) is 18.2 Å². The summed E-state index contributed by atoms with van der Waals surface area (Å²) in [7, 11) is 0. The van der Waals surface area contributed by atoms with Crippen LogP contribution in [0.1, 0.15) is 17.7 Å². The number of hydrogen-bond donors (Lipinski definition) is 0. The number of hydrogen-bond acceptors (Lipinski definition) is 4. The van der Waals surface area contributed by atoms with Gasteiger partial charge < -0.3 is 9.64 Å². The maximum absolute atomic E-state index is 12.3. The Kier molecular flexibility index (Phi) is 5.75. The molecule has 126 valence electrons. The molecule has 0 unspecified atom stereocenters. The topological polar surface area (TPSA) is 42.4 Å². The molecule has 24 heavy (non-hydrogen) atoms. The van der Waals surface area contributed by atoms with Crippen LogP contribution < -0.4 is 4.74 Å². The molecule has 0 N–H and O–H groups in total. The summed E-state index contributed by atoms with van der Waals surface area (Å²) in [4.78, 5) is 18.6. The summed E-state index contributed by atoms with van der Waals surface area (Å²) < 4.78 is 5.90. The molecule has 1 atom stereocenters. The molecule has 3 rings (SSSR count). The molecule has 4 nitrogen and oxygen atoms in total. The normalized spacial score (nSPS) is 17.0. The van der Waals surface area contributed by atoms with Gasteiger partial charge in [-0.05, 0) is 18.6 Å². The van der Waals surface area contributed by atoms with E-state index in [4.69, 9.17) is 4.74 Å². The van der Waals surface area contributed by atoms with Crippen molar-refractivity contribution in [1.82, 2.24) is 9.88 Å². The Balaban J connectivity index is 1.42. The fourth-order valence-electron chi connectivity index (χ4n) is 2.73. The van der Waals surface area contributed by atoms with Gasteiger partial charge in [-0.15, -0.1) is 11.8 Å². The number of ether oxygens (including phenoxy) is 1. The molecular formula is C19H22N2O2S. The van der Waals surface area contributed by atoms with E-state index < -0.39 is 0 Å². The second-order valence-corrected chi connectivity index (χ2v) is 6.95. The standard InChI is InChI=1S/C19H22N2O2S/c1-15-6-5-9-18(20-15)23-17-10-11-21(12-17)19(22)14-24-13-16-7-3-2-4-8-16/h2-9,17H,10-14H2,1H3/t17-/m0/s1. The number of benzene rings is 1.